The minimum atomic E-state index is -0.470. The van der Waals surface area contributed by atoms with E-state index in [0.717, 1.165) is 25.8 Å². The first-order chi connectivity index (χ1) is 14.6. The van der Waals surface area contributed by atoms with Crippen molar-refractivity contribution in [3.8, 4) is 0 Å². The standard InChI is InChI=1S/C23H32N2O5/c26-15-21-20(24-23(28)17-8-11-29-12-9-17)6-5-19(30-21)13-22(27)25-10-7-16-3-1-2-4-18(16)14-25/h1-4,17,19-21,26H,5-15H2,(H,24,28)/t19-,20+,21-/m0/s1. The number of hydrogen-bond acceptors (Lipinski definition) is 5. The molecule has 7 nitrogen and oxygen atoms in total. The van der Waals surface area contributed by atoms with Gasteiger partial charge in [-0.05, 0) is 43.2 Å². The normalized spacial score (nSPS) is 27.4. The molecular weight excluding hydrogens is 384 g/mol. The minimum Gasteiger partial charge on any atom is -0.394 e. The number of ether oxygens (including phenoxy) is 2. The summed E-state index contributed by atoms with van der Waals surface area (Å²) in [6.45, 7) is 2.45. The van der Waals surface area contributed by atoms with Gasteiger partial charge < -0.3 is 24.8 Å². The molecule has 0 spiro atoms. The van der Waals surface area contributed by atoms with E-state index in [-0.39, 0.29) is 36.5 Å². The van der Waals surface area contributed by atoms with E-state index in [1.54, 1.807) is 0 Å². The van der Waals surface area contributed by atoms with Crippen LogP contribution in [0, 0.1) is 5.92 Å². The summed E-state index contributed by atoms with van der Waals surface area (Å²) in [5, 5.41) is 12.9. The number of rotatable bonds is 5. The van der Waals surface area contributed by atoms with Crippen LogP contribution in [0.5, 0.6) is 0 Å². The molecule has 0 radical (unpaired) electrons. The summed E-state index contributed by atoms with van der Waals surface area (Å²) in [6.07, 6.45) is 3.39. The van der Waals surface area contributed by atoms with E-state index in [1.807, 2.05) is 17.0 Å². The molecule has 2 N–H and O–H groups in total. The Bertz CT molecular complexity index is 749. The number of aliphatic hydroxyl groups excluding tert-OH is 1. The second kappa shape index (κ2) is 9.90. The number of carbonyl (C=O) groups is 2. The van der Waals surface area contributed by atoms with Crippen LogP contribution in [0.3, 0.4) is 0 Å². The molecule has 0 unspecified atom stereocenters. The quantitative estimate of drug-likeness (QED) is 0.758. The van der Waals surface area contributed by atoms with Gasteiger partial charge in [0.25, 0.3) is 0 Å². The molecule has 0 aromatic heterocycles. The van der Waals surface area contributed by atoms with Crippen LogP contribution in [0.25, 0.3) is 0 Å². The van der Waals surface area contributed by atoms with Crippen LogP contribution in [-0.2, 0) is 32.0 Å². The van der Waals surface area contributed by atoms with E-state index in [1.165, 1.54) is 11.1 Å². The predicted molar refractivity (Wildman–Crippen MR) is 111 cm³/mol. The Labute approximate surface area is 177 Å². The molecule has 3 aliphatic heterocycles. The summed E-state index contributed by atoms with van der Waals surface area (Å²) in [6, 6.07) is 8.05. The number of nitrogens with one attached hydrogen (secondary N) is 1. The second-order valence-electron chi connectivity index (χ2n) is 8.60. The molecule has 4 rings (SSSR count). The van der Waals surface area contributed by atoms with E-state index < -0.39 is 6.10 Å². The van der Waals surface area contributed by atoms with Gasteiger partial charge in [-0.1, -0.05) is 24.3 Å². The molecule has 0 saturated carbocycles. The summed E-state index contributed by atoms with van der Waals surface area (Å²) in [5.41, 5.74) is 2.53. The number of amides is 2. The fourth-order valence-electron chi connectivity index (χ4n) is 4.74. The third-order valence-electron chi connectivity index (χ3n) is 6.60. The Hall–Kier alpha value is -1.96. The van der Waals surface area contributed by atoms with Crippen molar-refractivity contribution >= 4 is 11.8 Å². The zero-order valence-electron chi connectivity index (χ0n) is 17.4. The molecule has 2 fully saturated rings. The van der Waals surface area contributed by atoms with Crippen LogP contribution in [0.15, 0.2) is 24.3 Å². The number of fused-ring (bicyclic) bond motifs is 1. The van der Waals surface area contributed by atoms with E-state index >= 15 is 0 Å². The van der Waals surface area contributed by atoms with Crippen molar-refractivity contribution in [3.05, 3.63) is 35.4 Å². The SMILES string of the molecule is O=C(N[C@@H]1CC[C@@H](CC(=O)N2CCc3ccccc3C2)O[C@H]1CO)C1CCOCC1. The Morgan fingerprint density at radius 3 is 2.63 bits per heavy atom. The molecule has 2 amide bonds. The second-order valence-corrected chi connectivity index (χ2v) is 8.60. The van der Waals surface area contributed by atoms with Gasteiger partial charge in [0.2, 0.25) is 11.8 Å². The smallest absolute Gasteiger partial charge is 0.225 e. The zero-order valence-corrected chi connectivity index (χ0v) is 17.4. The lowest BCUT2D eigenvalue weighted by molar-refractivity contribution is -0.144. The lowest BCUT2D eigenvalue weighted by Crippen LogP contribution is -2.53. The molecule has 7 heteroatoms. The lowest BCUT2D eigenvalue weighted by atomic mass is 9.94. The van der Waals surface area contributed by atoms with Crippen LogP contribution in [0.4, 0.5) is 0 Å². The Balaban J connectivity index is 1.27. The van der Waals surface area contributed by atoms with Crippen molar-refractivity contribution in [2.24, 2.45) is 5.92 Å². The Kier molecular flexibility index (Phi) is 7.02. The fourth-order valence-corrected chi connectivity index (χ4v) is 4.74. The van der Waals surface area contributed by atoms with Gasteiger partial charge in [0, 0.05) is 32.2 Å². The number of carbonyl (C=O) groups excluding carboxylic acids is 2. The van der Waals surface area contributed by atoms with Crippen molar-refractivity contribution in [1.29, 1.82) is 0 Å². The molecule has 0 bridgehead atoms. The molecule has 1 aromatic rings. The van der Waals surface area contributed by atoms with Crippen molar-refractivity contribution in [3.63, 3.8) is 0 Å². The highest BCUT2D eigenvalue weighted by molar-refractivity contribution is 5.79. The van der Waals surface area contributed by atoms with Gasteiger partial charge in [-0.2, -0.15) is 0 Å². The van der Waals surface area contributed by atoms with Gasteiger partial charge in [0.15, 0.2) is 0 Å². The minimum absolute atomic E-state index is 0.0202. The third-order valence-corrected chi connectivity index (χ3v) is 6.60. The summed E-state index contributed by atoms with van der Waals surface area (Å²) < 4.78 is 11.4. The van der Waals surface area contributed by atoms with E-state index in [4.69, 9.17) is 9.47 Å². The van der Waals surface area contributed by atoms with Gasteiger partial charge in [0.1, 0.15) is 6.10 Å². The Morgan fingerprint density at radius 2 is 1.87 bits per heavy atom. The van der Waals surface area contributed by atoms with E-state index in [2.05, 4.69) is 17.4 Å². The number of nitrogens with zero attached hydrogens (tertiary/aromatic N) is 1. The van der Waals surface area contributed by atoms with Gasteiger partial charge >= 0.3 is 0 Å². The number of benzene rings is 1. The topological polar surface area (TPSA) is 88.1 Å². The van der Waals surface area contributed by atoms with Crippen molar-refractivity contribution in [2.45, 2.75) is 63.3 Å². The molecule has 2 saturated heterocycles. The average Bonchev–Trinajstić information content (AvgIpc) is 2.80. The zero-order chi connectivity index (χ0) is 20.9. The molecule has 3 heterocycles. The van der Waals surface area contributed by atoms with E-state index in [9.17, 15) is 14.7 Å². The Morgan fingerprint density at radius 1 is 1.10 bits per heavy atom. The molecule has 3 aliphatic rings. The highest BCUT2D eigenvalue weighted by Gasteiger charge is 2.35. The van der Waals surface area contributed by atoms with Crippen LogP contribution in [0.1, 0.15) is 43.2 Å². The fraction of sp³-hybridized carbons (Fsp3) is 0.652. The largest absolute Gasteiger partial charge is 0.394 e. The molecule has 3 atom stereocenters. The molecular formula is C23H32N2O5. The maximum absolute atomic E-state index is 12.8. The summed E-state index contributed by atoms with van der Waals surface area (Å²) >= 11 is 0. The van der Waals surface area contributed by atoms with Crippen molar-refractivity contribution < 1.29 is 24.2 Å². The van der Waals surface area contributed by atoms with Crippen LogP contribution < -0.4 is 5.32 Å². The maximum atomic E-state index is 12.8. The van der Waals surface area contributed by atoms with Gasteiger partial charge in [-0.3, -0.25) is 9.59 Å². The van der Waals surface area contributed by atoms with Crippen LogP contribution >= 0.6 is 0 Å². The first-order valence-electron chi connectivity index (χ1n) is 11.1. The van der Waals surface area contributed by atoms with Gasteiger partial charge in [0.05, 0.1) is 25.2 Å². The monoisotopic (exact) mass is 416 g/mol. The van der Waals surface area contributed by atoms with Gasteiger partial charge in [-0.15, -0.1) is 0 Å². The van der Waals surface area contributed by atoms with Crippen molar-refractivity contribution in [2.75, 3.05) is 26.4 Å². The van der Waals surface area contributed by atoms with Crippen molar-refractivity contribution in [1.82, 2.24) is 10.2 Å². The summed E-state index contributed by atoms with van der Waals surface area (Å²) in [5.74, 6) is 0.0853. The van der Waals surface area contributed by atoms with Gasteiger partial charge in [-0.25, -0.2) is 0 Å². The molecule has 0 aliphatic carbocycles. The first kappa shape index (κ1) is 21.3. The van der Waals surface area contributed by atoms with Crippen LogP contribution in [-0.4, -0.2) is 66.4 Å². The highest BCUT2D eigenvalue weighted by atomic mass is 16.5. The molecule has 30 heavy (non-hydrogen) atoms. The predicted octanol–water partition coefficient (Wildman–Crippen LogP) is 1.41. The molecule has 164 valence electrons. The number of hydrogen-bond donors (Lipinski definition) is 2. The first-order valence-corrected chi connectivity index (χ1v) is 11.1. The highest BCUT2D eigenvalue weighted by Crippen LogP contribution is 2.25. The molecule has 1 aromatic carbocycles. The summed E-state index contributed by atoms with van der Waals surface area (Å²) in [7, 11) is 0. The average molecular weight is 417 g/mol. The third kappa shape index (κ3) is 5.02. The lowest BCUT2D eigenvalue weighted by Gasteiger charge is -2.38. The summed E-state index contributed by atoms with van der Waals surface area (Å²) in [4.78, 5) is 27.3. The number of aliphatic hydroxyl groups is 1. The van der Waals surface area contributed by atoms with Crippen LogP contribution in [0.2, 0.25) is 0 Å². The van der Waals surface area contributed by atoms with E-state index in [0.29, 0.717) is 39.0 Å². The maximum Gasteiger partial charge on any atom is 0.225 e.